The normalized spacial score (nSPS) is 14.6. The van der Waals surface area contributed by atoms with Gasteiger partial charge in [-0.3, -0.25) is 14.4 Å². The lowest BCUT2D eigenvalue weighted by Gasteiger charge is -2.28. The minimum atomic E-state index is -2.10. The van der Waals surface area contributed by atoms with E-state index in [9.17, 15) is 19.5 Å². The number of carboxylic acid groups (broad SMARTS) is 2. The van der Waals surface area contributed by atoms with Gasteiger partial charge in [-0.1, -0.05) is 59.6 Å². The second-order valence-corrected chi connectivity index (χ2v) is 10.7. The van der Waals surface area contributed by atoms with E-state index in [-0.39, 0.29) is 5.92 Å². The summed E-state index contributed by atoms with van der Waals surface area (Å²) in [6.45, 7) is 2.88. The van der Waals surface area contributed by atoms with Gasteiger partial charge in [0.25, 0.3) is 0 Å². The Labute approximate surface area is 229 Å². The summed E-state index contributed by atoms with van der Waals surface area (Å²) < 4.78 is 0. The molecule has 3 rings (SSSR count). The van der Waals surface area contributed by atoms with Crippen LogP contribution in [0.2, 0.25) is 10.0 Å². The van der Waals surface area contributed by atoms with E-state index in [1.165, 1.54) is 0 Å². The average Bonchev–Trinajstić information content (AvgIpc) is 3.38. The zero-order valence-corrected chi connectivity index (χ0v) is 22.6. The number of carboxylic acids is 2. The predicted molar refractivity (Wildman–Crippen MR) is 148 cm³/mol. The smallest absolute Gasteiger partial charge is 0.319 e. The molecule has 1 heterocycles. The van der Waals surface area contributed by atoms with Gasteiger partial charge < -0.3 is 15.5 Å². The molecule has 1 amide bonds. The standard InChI is InChI=1S/C28H27Cl2NO5S/c1-17(31-26(34)28(2,27(35)36)15-25(32)33)20(13-19-7-9-23(29)24(30)14-19)8-6-18-4-3-5-21(12-18)22-10-11-37-16-22/h3-12,14,16-17,20H,13,15H2,1-2H3,(H,31,34)(H,32,33)(H,35,36)/b8-6+. The van der Waals surface area contributed by atoms with Crippen molar-refractivity contribution < 1.29 is 24.6 Å². The third-order valence-electron chi connectivity index (χ3n) is 6.21. The molecule has 0 aliphatic carbocycles. The Kier molecular flexibility index (Phi) is 9.54. The maximum atomic E-state index is 12.9. The highest BCUT2D eigenvalue weighted by molar-refractivity contribution is 7.08. The van der Waals surface area contributed by atoms with Crippen molar-refractivity contribution in [2.45, 2.75) is 32.7 Å². The van der Waals surface area contributed by atoms with Gasteiger partial charge in [0.2, 0.25) is 5.91 Å². The number of rotatable bonds is 11. The summed E-state index contributed by atoms with van der Waals surface area (Å²) >= 11 is 13.9. The number of benzene rings is 2. The number of amides is 1. The van der Waals surface area contributed by atoms with Crippen LogP contribution >= 0.6 is 34.5 Å². The Balaban J connectivity index is 1.88. The zero-order valence-electron chi connectivity index (χ0n) is 20.3. The van der Waals surface area contributed by atoms with Crippen LogP contribution in [0, 0.1) is 11.3 Å². The Morgan fingerprint density at radius 1 is 1.05 bits per heavy atom. The Hall–Kier alpha value is -3.13. The highest BCUT2D eigenvalue weighted by Crippen LogP contribution is 2.28. The maximum absolute atomic E-state index is 12.9. The molecule has 0 radical (unpaired) electrons. The van der Waals surface area contributed by atoms with Gasteiger partial charge in [-0.15, -0.1) is 0 Å². The molecule has 2 aromatic carbocycles. The van der Waals surface area contributed by atoms with Crippen molar-refractivity contribution in [1.29, 1.82) is 0 Å². The van der Waals surface area contributed by atoms with Gasteiger partial charge in [0.15, 0.2) is 5.41 Å². The summed E-state index contributed by atoms with van der Waals surface area (Å²) in [5.74, 6) is -4.00. The van der Waals surface area contributed by atoms with Crippen molar-refractivity contribution in [3.63, 3.8) is 0 Å². The molecule has 0 spiro atoms. The van der Waals surface area contributed by atoms with Crippen molar-refractivity contribution in [3.05, 3.63) is 86.5 Å². The SMILES string of the molecule is CC(NC(=O)C(C)(CC(=O)O)C(=O)O)C(/C=C/c1cccc(-c2ccsc2)c1)Cc1ccc(Cl)c(Cl)c1. The maximum Gasteiger partial charge on any atom is 0.319 e. The van der Waals surface area contributed by atoms with Crippen molar-refractivity contribution >= 4 is 58.5 Å². The predicted octanol–water partition coefficient (Wildman–Crippen LogP) is 6.66. The molecule has 6 nitrogen and oxygen atoms in total. The Bertz CT molecular complexity index is 1310. The molecule has 3 atom stereocenters. The molecule has 0 aliphatic rings. The number of halogens is 2. The third kappa shape index (κ3) is 7.44. The molecule has 0 aliphatic heterocycles. The summed E-state index contributed by atoms with van der Waals surface area (Å²) in [5.41, 5.74) is 1.94. The number of carbonyl (C=O) groups is 3. The summed E-state index contributed by atoms with van der Waals surface area (Å²) in [4.78, 5) is 36.0. The van der Waals surface area contributed by atoms with Gasteiger partial charge in [-0.2, -0.15) is 11.3 Å². The molecular weight excluding hydrogens is 533 g/mol. The second kappa shape index (κ2) is 12.4. The zero-order chi connectivity index (χ0) is 27.2. The van der Waals surface area contributed by atoms with Crippen LogP contribution in [0.3, 0.4) is 0 Å². The molecule has 1 aromatic heterocycles. The molecule has 0 saturated carbocycles. The molecule has 3 unspecified atom stereocenters. The lowest BCUT2D eigenvalue weighted by Crippen LogP contribution is -2.50. The van der Waals surface area contributed by atoms with Crippen LogP contribution in [0.25, 0.3) is 17.2 Å². The highest BCUT2D eigenvalue weighted by atomic mass is 35.5. The van der Waals surface area contributed by atoms with E-state index in [1.807, 2.05) is 41.8 Å². The molecule has 0 saturated heterocycles. The molecule has 0 fully saturated rings. The summed E-state index contributed by atoms with van der Waals surface area (Å²) in [6.07, 6.45) is 3.55. The van der Waals surface area contributed by atoms with E-state index >= 15 is 0 Å². The van der Waals surface area contributed by atoms with E-state index in [0.29, 0.717) is 16.5 Å². The van der Waals surface area contributed by atoms with Crippen molar-refractivity contribution in [2.24, 2.45) is 11.3 Å². The molecule has 9 heteroatoms. The number of carbonyl (C=O) groups excluding carboxylic acids is 1. The minimum Gasteiger partial charge on any atom is -0.481 e. The van der Waals surface area contributed by atoms with Crippen molar-refractivity contribution in [1.82, 2.24) is 5.32 Å². The van der Waals surface area contributed by atoms with E-state index in [2.05, 4.69) is 22.8 Å². The van der Waals surface area contributed by atoms with Gasteiger partial charge in [0.1, 0.15) is 0 Å². The van der Waals surface area contributed by atoms with Crippen molar-refractivity contribution in [3.8, 4) is 11.1 Å². The summed E-state index contributed by atoms with van der Waals surface area (Å²) in [7, 11) is 0. The Morgan fingerprint density at radius 3 is 2.43 bits per heavy atom. The van der Waals surface area contributed by atoms with Gasteiger partial charge in [-0.25, -0.2) is 0 Å². The lowest BCUT2D eigenvalue weighted by molar-refractivity contribution is -0.160. The molecule has 37 heavy (non-hydrogen) atoms. The van der Waals surface area contributed by atoms with Crippen LogP contribution in [0.15, 0.2) is 65.4 Å². The van der Waals surface area contributed by atoms with Crippen LogP contribution in [0.1, 0.15) is 31.4 Å². The monoisotopic (exact) mass is 559 g/mol. The largest absolute Gasteiger partial charge is 0.481 e. The van der Waals surface area contributed by atoms with Gasteiger partial charge in [0.05, 0.1) is 16.5 Å². The van der Waals surface area contributed by atoms with Gasteiger partial charge >= 0.3 is 11.9 Å². The first-order chi connectivity index (χ1) is 17.5. The molecule has 194 valence electrons. The first kappa shape index (κ1) is 28.4. The molecular formula is C28H27Cl2NO5S. The number of thiophene rings is 1. The van der Waals surface area contributed by atoms with E-state index < -0.39 is 35.7 Å². The first-order valence-corrected chi connectivity index (χ1v) is 13.2. The van der Waals surface area contributed by atoms with Gasteiger partial charge in [-0.05, 0) is 77.5 Å². The highest BCUT2D eigenvalue weighted by Gasteiger charge is 2.44. The fraction of sp³-hybridized carbons (Fsp3) is 0.250. The van der Waals surface area contributed by atoms with Gasteiger partial charge in [0, 0.05) is 12.0 Å². The van der Waals surface area contributed by atoms with Crippen LogP contribution in [0.4, 0.5) is 0 Å². The quantitative estimate of drug-likeness (QED) is 0.228. The third-order valence-corrected chi connectivity index (χ3v) is 7.63. The van der Waals surface area contributed by atoms with Crippen LogP contribution in [0.5, 0.6) is 0 Å². The fourth-order valence-corrected chi connectivity index (χ4v) is 4.85. The van der Waals surface area contributed by atoms with Crippen LogP contribution in [-0.4, -0.2) is 34.1 Å². The van der Waals surface area contributed by atoms with Crippen LogP contribution in [-0.2, 0) is 20.8 Å². The fourth-order valence-electron chi connectivity index (χ4n) is 3.86. The number of hydrogen-bond donors (Lipinski definition) is 3. The first-order valence-electron chi connectivity index (χ1n) is 11.5. The lowest BCUT2D eigenvalue weighted by atomic mass is 9.84. The Morgan fingerprint density at radius 2 is 1.81 bits per heavy atom. The molecule has 3 N–H and O–H groups in total. The van der Waals surface area contributed by atoms with Crippen LogP contribution < -0.4 is 5.32 Å². The number of nitrogens with one attached hydrogen (secondary N) is 1. The van der Waals surface area contributed by atoms with E-state index in [4.69, 9.17) is 28.3 Å². The summed E-state index contributed by atoms with van der Waals surface area (Å²) in [6, 6.07) is 14.9. The number of aliphatic carboxylic acids is 2. The van der Waals surface area contributed by atoms with E-state index in [1.54, 1.807) is 30.4 Å². The van der Waals surface area contributed by atoms with E-state index in [0.717, 1.165) is 29.2 Å². The minimum absolute atomic E-state index is 0.270. The molecule has 3 aromatic rings. The topological polar surface area (TPSA) is 104 Å². The molecule has 0 bridgehead atoms. The number of hydrogen-bond acceptors (Lipinski definition) is 4. The summed E-state index contributed by atoms with van der Waals surface area (Å²) in [5, 5.41) is 26.4. The van der Waals surface area contributed by atoms with Crippen molar-refractivity contribution in [2.75, 3.05) is 0 Å². The second-order valence-electron chi connectivity index (χ2n) is 9.08. The average molecular weight is 560 g/mol.